The monoisotopic (exact) mass is 536 g/mol. The van der Waals surface area contributed by atoms with E-state index in [1.165, 1.54) is 0 Å². The molecule has 0 amide bonds. The summed E-state index contributed by atoms with van der Waals surface area (Å²) in [6, 6.07) is 0. The van der Waals surface area contributed by atoms with Gasteiger partial charge in [0.25, 0.3) is 0 Å². The van der Waals surface area contributed by atoms with E-state index in [1.54, 1.807) is 13.0 Å². The van der Waals surface area contributed by atoms with Crippen molar-refractivity contribution < 1.29 is 54.2 Å². The average Bonchev–Trinajstić information content (AvgIpc) is 3.13. The van der Waals surface area contributed by atoms with Crippen molar-refractivity contribution in [3.8, 4) is 0 Å². The molecule has 0 aromatic heterocycles. The fourth-order valence-corrected chi connectivity index (χ4v) is 8.31. The molecule has 210 valence electrons. The summed E-state index contributed by atoms with van der Waals surface area (Å²) in [6.45, 7) is 3.08. The molecule has 5 N–H and O–H groups in total. The van der Waals surface area contributed by atoms with Gasteiger partial charge in [-0.3, -0.25) is 14.4 Å². The van der Waals surface area contributed by atoms with Crippen LogP contribution in [-0.4, -0.2) is 91.8 Å². The van der Waals surface area contributed by atoms with Crippen LogP contribution in [0.4, 0.5) is 0 Å². The van der Waals surface area contributed by atoms with Gasteiger partial charge in [0.1, 0.15) is 36.3 Å². The Bertz CT molecular complexity index is 1080. The summed E-state index contributed by atoms with van der Waals surface area (Å²) >= 11 is 0. The lowest BCUT2D eigenvalue weighted by Gasteiger charge is -2.57. The van der Waals surface area contributed by atoms with Crippen LogP contribution in [-0.2, 0) is 28.7 Å². The van der Waals surface area contributed by atoms with Crippen molar-refractivity contribution >= 4 is 23.3 Å². The standard InChI is InChI=1S/C27H36O11/c1-25-7-5-13(28)9-12(25)3-4-14-15-6-8-27(36,26(15,2)10-16(29)18(14)25)17(30)11-37-24-21(33)19(31)20(32)22(38-24)23(34)35/h9,14-15,18-22,24,31-33,36H,3-8,10-11H2,1-2H3,(H,34,35)/t14-,15-,18+,19-,20+,21-,22-,24+,25+,26+,27-/m1/s1. The van der Waals surface area contributed by atoms with Crippen molar-refractivity contribution in [2.24, 2.45) is 28.6 Å². The number of allylic oxidation sites excluding steroid dienone is 1. The summed E-state index contributed by atoms with van der Waals surface area (Å²) < 4.78 is 10.4. The van der Waals surface area contributed by atoms with Crippen LogP contribution in [0.15, 0.2) is 11.6 Å². The van der Waals surface area contributed by atoms with E-state index in [4.69, 9.17) is 9.47 Å². The highest BCUT2D eigenvalue weighted by Gasteiger charge is 2.68. The van der Waals surface area contributed by atoms with Gasteiger partial charge in [-0.25, -0.2) is 4.79 Å². The highest BCUT2D eigenvalue weighted by Crippen LogP contribution is 2.66. The number of aliphatic carboxylic acids is 1. The summed E-state index contributed by atoms with van der Waals surface area (Å²) in [4.78, 5) is 50.5. The van der Waals surface area contributed by atoms with Crippen molar-refractivity contribution in [2.45, 2.75) is 95.1 Å². The Hall–Kier alpha value is -2.02. The minimum Gasteiger partial charge on any atom is -0.479 e. The third-order valence-electron chi connectivity index (χ3n) is 10.5. The van der Waals surface area contributed by atoms with Gasteiger partial charge in [-0.15, -0.1) is 0 Å². The van der Waals surface area contributed by atoms with Crippen LogP contribution in [0.1, 0.15) is 58.8 Å². The Kier molecular flexibility index (Phi) is 6.72. The fraction of sp³-hybridized carbons (Fsp3) is 0.778. The second-order valence-electron chi connectivity index (χ2n) is 12.3. The number of hydrogen-bond donors (Lipinski definition) is 5. The molecular weight excluding hydrogens is 500 g/mol. The maximum Gasteiger partial charge on any atom is 0.335 e. The molecule has 0 aromatic carbocycles. The number of ketones is 3. The molecule has 4 aliphatic carbocycles. The maximum absolute atomic E-state index is 13.7. The van der Waals surface area contributed by atoms with E-state index in [-0.39, 0.29) is 42.2 Å². The normalized spacial score (nSPS) is 48.5. The van der Waals surface area contributed by atoms with Gasteiger partial charge in [0.05, 0.1) is 0 Å². The van der Waals surface area contributed by atoms with Crippen LogP contribution in [0, 0.1) is 28.6 Å². The van der Waals surface area contributed by atoms with Crippen molar-refractivity contribution in [3.63, 3.8) is 0 Å². The first-order valence-electron chi connectivity index (χ1n) is 13.3. The molecule has 11 nitrogen and oxygen atoms in total. The SMILES string of the molecule is C[C@]12CCC(=O)C=C1CC[C@H]1[C@H]2C(=O)C[C@@]2(C)[C@@H]1CC[C@@]2(O)C(=O)CO[C@H]1O[C@@H](C(=O)O)[C@@H](O)[C@@H](O)[C@H]1O. The Morgan fingerprint density at radius 3 is 2.45 bits per heavy atom. The third-order valence-corrected chi connectivity index (χ3v) is 10.5. The number of ether oxygens (including phenoxy) is 2. The van der Waals surface area contributed by atoms with Gasteiger partial charge >= 0.3 is 5.97 Å². The van der Waals surface area contributed by atoms with Crippen LogP contribution in [0.2, 0.25) is 0 Å². The highest BCUT2D eigenvalue weighted by atomic mass is 16.7. The summed E-state index contributed by atoms with van der Waals surface area (Å²) in [5.41, 5.74) is -2.30. The van der Waals surface area contributed by atoms with Gasteiger partial charge in [0, 0.05) is 24.2 Å². The molecule has 11 atom stereocenters. The lowest BCUT2D eigenvalue weighted by molar-refractivity contribution is -0.293. The number of aliphatic hydroxyl groups is 4. The minimum absolute atomic E-state index is 0.00639. The van der Waals surface area contributed by atoms with E-state index in [9.17, 15) is 44.7 Å². The van der Waals surface area contributed by atoms with Gasteiger partial charge in [-0.1, -0.05) is 19.4 Å². The quantitative estimate of drug-likeness (QED) is 0.316. The highest BCUT2D eigenvalue weighted by molar-refractivity contribution is 5.94. The first-order valence-corrected chi connectivity index (χ1v) is 13.3. The molecule has 0 aromatic rings. The van der Waals surface area contributed by atoms with Crippen LogP contribution in [0.3, 0.4) is 0 Å². The Labute approximate surface area is 219 Å². The van der Waals surface area contributed by atoms with Gasteiger partial charge in [0.15, 0.2) is 24.0 Å². The van der Waals surface area contributed by atoms with Gasteiger partial charge in [-0.05, 0) is 55.4 Å². The zero-order valence-electron chi connectivity index (χ0n) is 21.5. The van der Waals surface area contributed by atoms with Crippen molar-refractivity contribution in [1.29, 1.82) is 0 Å². The lowest BCUT2D eigenvalue weighted by atomic mass is 9.46. The maximum atomic E-state index is 13.7. The minimum atomic E-state index is -1.90. The van der Waals surface area contributed by atoms with E-state index in [0.29, 0.717) is 32.1 Å². The first kappa shape index (κ1) is 27.5. The smallest absolute Gasteiger partial charge is 0.335 e. The zero-order chi connectivity index (χ0) is 27.8. The van der Waals surface area contributed by atoms with Crippen LogP contribution in [0.5, 0.6) is 0 Å². The topological polar surface area (TPSA) is 188 Å². The van der Waals surface area contributed by atoms with E-state index in [1.807, 2.05) is 0 Å². The van der Waals surface area contributed by atoms with E-state index < -0.39 is 65.5 Å². The number of Topliss-reactive ketones (excluding diaryl/α,β-unsaturated/α-hetero) is 2. The third kappa shape index (κ3) is 3.85. The number of aliphatic hydroxyl groups excluding tert-OH is 3. The Morgan fingerprint density at radius 2 is 1.76 bits per heavy atom. The molecule has 0 bridgehead atoms. The molecule has 5 rings (SSSR count). The molecule has 0 spiro atoms. The molecule has 0 radical (unpaired) electrons. The number of carbonyl (C=O) groups excluding carboxylic acids is 3. The summed E-state index contributed by atoms with van der Waals surface area (Å²) in [5, 5.41) is 51.0. The molecule has 38 heavy (non-hydrogen) atoms. The Balaban J connectivity index is 1.34. The van der Waals surface area contributed by atoms with Crippen molar-refractivity contribution in [1.82, 2.24) is 0 Å². The van der Waals surface area contributed by atoms with Crippen LogP contribution >= 0.6 is 0 Å². The molecule has 5 aliphatic rings. The number of rotatable bonds is 5. The average molecular weight is 537 g/mol. The molecule has 3 saturated carbocycles. The number of carbonyl (C=O) groups is 4. The number of carboxylic acids is 1. The first-order chi connectivity index (χ1) is 17.7. The van der Waals surface area contributed by atoms with Crippen LogP contribution in [0.25, 0.3) is 0 Å². The molecular formula is C27H36O11. The van der Waals surface area contributed by atoms with Gasteiger partial charge in [0.2, 0.25) is 0 Å². The second kappa shape index (κ2) is 9.28. The molecule has 1 saturated heterocycles. The zero-order valence-corrected chi connectivity index (χ0v) is 21.5. The van der Waals surface area contributed by atoms with E-state index in [0.717, 1.165) is 5.57 Å². The van der Waals surface area contributed by atoms with Crippen molar-refractivity contribution in [3.05, 3.63) is 11.6 Å². The number of fused-ring (bicyclic) bond motifs is 5. The largest absolute Gasteiger partial charge is 0.479 e. The van der Waals surface area contributed by atoms with Crippen molar-refractivity contribution in [2.75, 3.05) is 6.61 Å². The summed E-state index contributed by atoms with van der Waals surface area (Å²) in [7, 11) is 0. The molecule has 1 aliphatic heterocycles. The van der Waals surface area contributed by atoms with E-state index >= 15 is 0 Å². The predicted octanol–water partition coefficient (Wildman–Crippen LogP) is -0.0937. The lowest BCUT2D eigenvalue weighted by Crippen LogP contribution is -2.62. The molecule has 0 unspecified atom stereocenters. The number of carboxylic acid groups (broad SMARTS) is 1. The van der Waals surface area contributed by atoms with Crippen LogP contribution < -0.4 is 0 Å². The van der Waals surface area contributed by atoms with Gasteiger partial charge < -0.3 is 35.0 Å². The predicted molar refractivity (Wildman–Crippen MR) is 127 cm³/mol. The molecule has 11 heteroatoms. The van der Waals surface area contributed by atoms with Gasteiger partial charge in [-0.2, -0.15) is 0 Å². The fourth-order valence-electron chi connectivity index (χ4n) is 8.31. The Morgan fingerprint density at radius 1 is 1.05 bits per heavy atom. The number of hydrogen-bond acceptors (Lipinski definition) is 10. The summed E-state index contributed by atoms with van der Waals surface area (Å²) in [6.07, 6.45) is -4.39. The second-order valence-corrected chi connectivity index (χ2v) is 12.3. The van der Waals surface area contributed by atoms with E-state index in [2.05, 4.69) is 6.92 Å². The molecule has 4 fully saturated rings. The molecule has 1 heterocycles. The summed E-state index contributed by atoms with van der Waals surface area (Å²) in [5.74, 6) is -2.62.